The highest BCUT2D eigenvalue weighted by Crippen LogP contribution is 2.35. The number of hydrogen-bond donors (Lipinski definition) is 2. The molecule has 0 amide bonds. The number of phenols is 1. The first kappa shape index (κ1) is 25.9. The van der Waals surface area contributed by atoms with Gasteiger partial charge >= 0.3 is 0 Å². The molecule has 0 spiro atoms. The predicted octanol–water partition coefficient (Wildman–Crippen LogP) is 6.25. The molecule has 0 aliphatic heterocycles. The summed E-state index contributed by atoms with van der Waals surface area (Å²) in [6.45, 7) is 0. The molecular weight excluding hydrogens is 492 g/mol. The average molecular weight is 523 g/mol. The first-order chi connectivity index (χ1) is 17.5. The number of fused-ring (bicyclic) bond motifs is 2. The molecule has 8 nitrogen and oxygen atoms in total. The number of phenolic OH excluding ortho intramolecular Hbond substituents is 1. The number of aryl methyl sites for hydroxylation is 1. The van der Waals surface area contributed by atoms with Gasteiger partial charge in [0.05, 0.1) is 38.9 Å². The molecule has 1 saturated carbocycles. The van der Waals surface area contributed by atoms with Crippen LogP contribution in [0.25, 0.3) is 32.2 Å². The molecule has 10 heteroatoms. The van der Waals surface area contributed by atoms with Gasteiger partial charge in [-0.05, 0) is 67.7 Å². The molecule has 6 rings (SSSR count). The SMILES string of the molecule is COC1CCC1.CSC.Cn1cc(-c2cc(O)c3c(Nc4ccc5ncsc5c4)ncnc3c2)cn1. The van der Waals surface area contributed by atoms with E-state index >= 15 is 0 Å². The van der Waals surface area contributed by atoms with Crippen LogP contribution in [0.15, 0.2) is 54.6 Å². The number of aromatic hydroxyl groups is 1. The van der Waals surface area contributed by atoms with Crippen molar-refractivity contribution in [2.45, 2.75) is 25.4 Å². The molecule has 2 N–H and O–H groups in total. The fourth-order valence-corrected chi connectivity index (χ4v) is 4.39. The number of methoxy groups -OCH3 is 1. The van der Waals surface area contributed by atoms with Crippen LogP contribution >= 0.6 is 23.1 Å². The second kappa shape index (κ2) is 12.2. The van der Waals surface area contributed by atoms with Gasteiger partial charge in [-0.1, -0.05) is 0 Å². The summed E-state index contributed by atoms with van der Waals surface area (Å²) in [7, 11) is 3.64. The summed E-state index contributed by atoms with van der Waals surface area (Å²) in [5, 5.41) is 18.7. The highest BCUT2D eigenvalue weighted by atomic mass is 32.2. The van der Waals surface area contributed by atoms with Gasteiger partial charge in [0.25, 0.3) is 0 Å². The molecule has 3 aromatic heterocycles. The minimum Gasteiger partial charge on any atom is -0.507 e. The maximum absolute atomic E-state index is 10.7. The van der Waals surface area contributed by atoms with Crippen LogP contribution < -0.4 is 5.32 Å². The molecule has 0 radical (unpaired) electrons. The van der Waals surface area contributed by atoms with Crippen LogP contribution in [0.4, 0.5) is 11.5 Å². The normalized spacial score (nSPS) is 12.9. The van der Waals surface area contributed by atoms with Crippen molar-refractivity contribution in [3.05, 3.63) is 54.6 Å². The van der Waals surface area contributed by atoms with Crippen LogP contribution in [0.1, 0.15) is 19.3 Å². The summed E-state index contributed by atoms with van der Waals surface area (Å²) in [5.41, 5.74) is 6.08. The average Bonchev–Trinajstić information content (AvgIpc) is 3.48. The van der Waals surface area contributed by atoms with Gasteiger partial charge in [0.1, 0.15) is 17.9 Å². The third-order valence-corrected chi connectivity index (χ3v) is 6.53. The van der Waals surface area contributed by atoms with Crippen LogP contribution in [0.5, 0.6) is 5.75 Å². The number of aromatic nitrogens is 5. The Bertz CT molecular complexity index is 1430. The van der Waals surface area contributed by atoms with Gasteiger partial charge in [0.2, 0.25) is 0 Å². The molecule has 0 saturated heterocycles. The topological polar surface area (TPSA) is 98.0 Å². The lowest BCUT2D eigenvalue weighted by molar-refractivity contribution is 0.0412. The lowest BCUT2D eigenvalue weighted by Gasteiger charge is -2.22. The zero-order chi connectivity index (χ0) is 25.5. The van der Waals surface area contributed by atoms with Gasteiger partial charge in [0.15, 0.2) is 0 Å². The highest BCUT2D eigenvalue weighted by molar-refractivity contribution is 7.97. The van der Waals surface area contributed by atoms with Crippen LogP contribution in [0, 0.1) is 0 Å². The maximum atomic E-state index is 10.7. The van der Waals surface area contributed by atoms with Crippen molar-refractivity contribution < 1.29 is 9.84 Å². The van der Waals surface area contributed by atoms with E-state index in [1.54, 1.807) is 47.2 Å². The Labute approximate surface area is 218 Å². The Morgan fingerprint density at radius 3 is 2.53 bits per heavy atom. The number of thiazole rings is 1. The summed E-state index contributed by atoms with van der Waals surface area (Å²) < 4.78 is 7.79. The summed E-state index contributed by atoms with van der Waals surface area (Å²) in [6.07, 6.45) is 13.8. The number of thioether (sulfide) groups is 1. The molecule has 36 heavy (non-hydrogen) atoms. The van der Waals surface area contributed by atoms with Gasteiger partial charge in [-0.25, -0.2) is 15.0 Å². The molecule has 0 bridgehead atoms. The van der Waals surface area contributed by atoms with E-state index in [9.17, 15) is 5.11 Å². The molecule has 0 unspecified atom stereocenters. The van der Waals surface area contributed by atoms with E-state index in [0.29, 0.717) is 22.8 Å². The van der Waals surface area contributed by atoms with E-state index < -0.39 is 0 Å². The molecule has 0 atom stereocenters. The predicted molar refractivity (Wildman–Crippen MR) is 150 cm³/mol. The minimum atomic E-state index is 0.119. The van der Waals surface area contributed by atoms with Crippen molar-refractivity contribution in [2.75, 3.05) is 24.9 Å². The van der Waals surface area contributed by atoms with E-state index in [1.807, 2.05) is 55.5 Å². The number of rotatable bonds is 4. The standard InChI is InChI=1S/C19H14N6OS.C5H10O.C2H6S/c1-25-8-12(7-23-25)11-4-15-18(16(26)5-11)19(21-9-20-15)24-13-2-3-14-17(6-13)27-10-22-14;1-6-5-3-2-4-5;1-3-2/h2-10,26H,1H3,(H,20,21,24);5H,2-4H2,1H3;1-2H3. The van der Waals surface area contributed by atoms with Crippen molar-refractivity contribution in [3.63, 3.8) is 0 Å². The van der Waals surface area contributed by atoms with Gasteiger partial charge < -0.3 is 15.2 Å². The number of anilines is 2. The number of hydrogen-bond acceptors (Lipinski definition) is 9. The van der Waals surface area contributed by atoms with Crippen molar-refractivity contribution in [3.8, 4) is 16.9 Å². The smallest absolute Gasteiger partial charge is 0.145 e. The van der Waals surface area contributed by atoms with Crippen molar-refractivity contribution >= 4 is 55.7 Å². The Balaban J connectivity index is 0.000000289. The first-order valence-corrected chi connectivity index (χ1v) is 14.0. The molecular formula is C26H30N6O2S2. The van der Waals surface area contributed by atoms with E-state index in [-0.39, 0.29) is 5.75 Å². The molecule has 2 aromatic carbocycles. The Morgan fingerprint density at radius 2 is 1.89 bits per heavy atom. The quantitative estimate of drug-likeness (QED) is 0.286. The van der Waals surface area contributed by atoms with Crippen molar-refractivity contribution in [2.24, 2.45) is 7.05 Å². The summed E-state index contributed by atoms with van der Waals surface area (Å²) in [5.74, 6) is 0.674. The van der Waals surface area contributed by atoms with Crippen LogP contribution in [-0.4, -0.2) is 55.6 Å². The van der Waals surface area contributed by atoms with E-state index in [2.05, 4.69) is 25.4 Å². The third kappa shape index (κ3) is 6.13. The third-order valence-electron chi connectivity index (χ3n) is 5.73. The maximum Gasteiger partial charge on any atom is 0.145 e. The molecule has 1 aliphatic rings. The first-order valence-electron chi connectivity index (χ1n) is 11.5. The largest absolute Gasteiger partial charge is 0.507 e. The summed E-state index contributed by atoms with van der Waals surface area (Å²) >= 11 is 3.33. The number of nitrogens with one attached hydrogen (secondary N) is 1. The van der Waals surface area contributed by atoms with Gasteiger partial charge in [0, 0.05) is 31.6 Å². The lowest BCUT2D eigenvalue weighted by Crippen LogP contribution is -2.18. The van der Waals surface area contributed by atoms with E-state index in [1.165, 1.54) is 25.6 Å². The molecule has 3 heterocycles. The second-order valence-electron chi connectivity index (χ2n) is 8.37. The van der Waals surface area contributed by atoms with E-state index in [0.717, 1.165) is 27.0 Å². The molecule has 188 valence electrons. The van der Waals surface area contributed by atoms with Gasteiger partial charge in [-0.15, -0.1) is 11.3 Å². The van der Waals surface area contributed by atoms with Crippen LogP contribution in [-0.2, 0) is 11.8 Å². The van der Waals surface area contributed by atoms with Crippen molar-refractivity contribution in [1.82, 2.24) is 24.7 Å². The Kier molecular flexibility index (Phi) is 8.74. The number of nitrogens with zero attached hydrogens (tertiary/aromatic N) is 5. The number of ether oxygens (including phenoxy) is 1. The Hall–Kier alpha value is -3.21. The second-order valence-corrected chi connectivity index (χ2v) is 10.1. The Morgan fingerprint density at radius 1 is 1.08 bits per heavy atom. The molecule has 1 aliphatic carbocycles. The van der Waals surface area contributed by atoms with Crippen LogP contribution in [0.2, 0.25) is 0 Å². The zero-order valence-electron chi connectivity index (χ0n) is 20.8. The molecule has 5 aromatic rings. The number of benzene rings is 2. The van der Waals surface area contributed by atoms with Gasteiger partial charge in [-0.2, -0.15) is 16.9 Å². The fraction of sp³-hybridized carbons (Fsp3) is 0.308. The monoisotopic (exact) mass is 522 g/mol. The van der Waals surface area contributed by atoms with Gasteiger partial charge in [-0.3, -0.25) is 4.68 Å². The zero-order valence-corrected chi connectivity index (χ0v) is 22.4. The summed E-state index contributed by atoms with van der Waals surface area (Å²) in [4.78, 5) is 12.9. The fourth-order valence-electron chi connectivity index (χ4n) is 3.68. The van der Waals surface area contributed by atoms with Crippen LogP contribution in [0.3, 0.4) is 0 Å². The molecule has 1 fully saturated rings. The van der Waals surface area contributed by atoms with E-state index in [4.69, 9.17) is 4.74 Å². The minimum absolute atomic E-state index is 0.119. The summed E-state index contributed by atoms with van der Waals surface area (Å²) in [6, 6.07) is 9.54. The lowest BCUT2D eigenvalue weighted by atomic mass is 9.96. The van der Waals surface area contributed by atoms with Crippen molar-refractivity contribution in [1.29, 1.82) is 0 Å². The highest BCUT2D eigenvalue weighted by Gasteiger charge is 2.15.